The molecule has 0 spiro atoms. The summed E-state index contributed by atoms with van der Waals surface area (Å²) in [6.07, 6.45) is 3.35. The van der Waals surface area contributed by atoms with E-state index in [1.807, 2.05) is 48.4 Å². The van der Waals surface area contributed by atoms with Gasteiger partial charge in [-0.2, -0.15) is 0 Å². The Morgan fingerprint density at radius 2 is 2.00 bits per heavy atom. The molecule has 8 heteroatoms. The topological polar surface area (TPSA) is 74.2 Å². The lowest BCUT2D eigenvalue weighted by Crippen LogP contribution is -2.39. The van der Waals surface area contributed by atoms with E-state index in [9.17, 15) is 9.59 Å². The third kappa shape index (κ3) is 5.01. The van der Waals surface area contributed by atoms with Crippen LogP contribution in [0.15, 0.2) is 51.6 Å². The molecule has 176 valence electrons. The second kappa shape index (κ2) is 10.6. The van der Waals surface area contributed by atoms with Gasteiger partial charge in [0.15, 0.2) is 5.17 Å². The van der Waals surface area contributed by atoms with Gasteiger partial charge in [-0.05, 0) is 55.8 Å². The molecule has 1 aromatic carbocycles. The highest BCUT2D eigenvalue weighted by Crippen LogP contribution is 2.46. The van der Waals surface area contributed by atoms with Gasteiger partial charge in [-0.15, -0.1) is 0 Å². The van der Waals surface area contributed by atoms with Crippen LogP contribution in [0.3, 0.4) is 0 Å². The van der Waals surface area contributed by atoms with Crippen molar-refractivity contribution < 1.29 is 14.3 Å². The number of amidine groups is 1. The molecule has 1 amide bonds. The van der Waals surface area contributed by atoms with E-state index in [1.54, 1.807) is 0 Å². The number of methoxy groups -OCH3 is 1. The van der Waals surface area contributed by atoms with Crippen molar-refractivity contribution in [1.29, 1.82) is 0 Å². The number of thioether (sulfide) groups is 1. The van der Waals surface area contributed by atoms with Crippen LogP contribution in [-0.4, -0.2) is 60.1 Å². The maximum Gasteiger partial charge on any atom is 0.338 e. The van der Waals surface area contributed by atoms with Crippen LogP contribution in [0.2, 0.25) is 0 Å². The largest absolute Gasteiger partial charge is 0.466 e. The summed E-state index contributed by atoms with van der Waals surface area (Å²) in [5.41, 5.74) is 4.22. The number of carbonyl (C=O) groups is 2. The number of ether oxygens (including phenoxy) is 1. The van der Waals surface area contributed by atoms with E-state index in [4.69, 9.17) is 9.73 Å². The number of esters is 1. The summed E-state index contributed by atoms with van der Waals surface area (Å²) in [5.74, 6) is -0.398. The predicted molar refractivity (Wildman–Crippen MR) is 132 cm³/mol. The first-order valence-corrected chi connectivity index (χ1v) is 12.5. The maximum atomic E-state index is 12.9. The van der Waals surface area contributed by atoms with Gasteiger partial charge in [0.05, 0.1) is 30.8 Å². The number of hydrogen-bond donors (Lipinski definition) is 1. The fourth-order valence-corrected chi connectivity index (χ4v) is 5.62. The van der Waals surface area contributed by atoms with Gasteiger partial charge in [0.1, 0.15) is 0 Å². The van der Waals surface area contributed by atoms with Crippen LogP contribution in [0.5, 0.6) is 0 Å². The van der Waals surface area contributed by atoms with Gasteiger partial charge in [-0.1, -0.05) is 43.0 Å². The maximum absolute atomic E-state index is 12.9. The quantitative estimate of drug-likeness (QED) is 0.586. The Kier molecular flexibility index (Phi) is 7.55. The summed E-state index contributed by atoms with van der Waals surface area (Å²) < 4.78 is 5.18. The first kappa shape index (κ1) is 23.6. The Hall–Kier alpha value is -2.58. The van der Waals surface area contributed by atoms with E-state index in [0.29, 0.717) is 18.5 Å². The van der Waals surface area contributed by atoms with E-state index >= 15 is 0 Å². The van der Waals surface area contributed by atoms with Crippen molar-refractivity contribution in [1.82, 2.24) is 15.1 Å². The van der Waals surface area contributed by atoms with Gasteiger partial charge in [-0.3, -0.25) is 4.79 Å². The molecule has 1 N–H and O–H groups in total. The number of carbonyl (C=O) groups excluding carboxylic acids is 2. The third-order valence-electron chi connectivity index (χ3n) is 6.40. The van der Waals surface area contributed by atoms with Crippen LogP contribution in [-0.2, 0) is 14.3 Å². The lowest BCUT2D eigenvalue weighted by atomic mass is 9.90. The van der Waals surface area contributed by atoms with Gasteiger partial charge in [0.2, 0.25) is 5.91 Å². The van der Waals surface area contributed by atoms with Gasteiger partial charge in [0.25, 0.3) is 0 Å². The standard InChI is InChI=1S/C25H32N4O3S/c1-4-20-22(24(31)32-3)23(19-10-6-5-9-17(19)2)29-18(16-33-25(29)27-20)15-21(30)26-11-14-28-12-7-8-13-28/h5-6,9-10,16,23H,4,7-8,11-15H2,1-3H3,(H,26,30). The Morgan fingerprint density at radius 1 is 1.24 bits per heavy atom. The number of benzene rings is 1. The summed E-state index contributed by atoms with van der Waals surface area (Å²) in [4.78, 5) is 34.9. The molecule has 3 aliphatic heterocycles. The number of nitrogens with zero attached hydrogens (tertiary/aromatic N) is 3. The van der Waals surface area contributed by atoms with Crippen molar-refractivity contribution in [2.45, 2.75) is 45.6 Å². The van der Waals surface area contributed by atoms with E-state index in [1.165, 1.54) is 31.7 Å². The smallest absolute Gasteiger partial charge is 0.338 e. The number of fused-ring (bicyclic) bond motifs is 1. The molecular weight excluding hydrogens is 436 g/mol. The Bertz CT molecular complexity index is 1010. The summed E-state index contributed by atoms with van der Waals surface area (Å²) >= 11 is 1.50. The number of aliphatic imine (C=N–C) groups is 1. The molecule has 3 aliphatic rings. The van der Waals surface area contributed by atoms with Crippen LogP contribution in [0.1, 0.15) is 49.8 Å². The molecule has 0 bridgehead atoms. The Labute approximate surface area is 199 Å². The van der Waals surface area contributed by atoms with E-state index in [-0.39, 0.29) is 24.3 Å². The summed E-state index contributed by atoms with van der Waals surface area (Å²) in [7, 11) is 1.40. The van der Waals surface area contributed by atoms with Crippen molar-refractivity contribution in [3.8, 4) is 0 Å². The van der Waals surface area contributed by atoms with E-state index < -0.39 is 0 Å². The lowest BCUT2D eigenvalue weighted by Gasteiger charge is -2.37. The van der Waals surface area contributed by atoms with Gasteiger partial charge in [-0.25, -0.2) is 9.79 Å². The lowest BCUT2D eigenvalue weighted by molar-refractivity contribution is -0.136. The van der Waals surface area contributed by atoms with Crippen molar-refractivity contribution >= 4 is 28.8 Å². The van der Waals surface area contributed by atoms with Crippen LogP contribution in [0.25, 0.3) is 0 Å². The number of rotatable bonds is 8. The highest BCUT2D eigenvalue weighted by molar-refractivity contribution is 8.16. The fourth-order valence-electron chi connectivity index (χ4n) is 4.69. The Morgan fingerprint density at radius 3 is 2.70 bits per heavy atom. The third-order valence-corrected chi connectivity index (χ3v) is 7.29. The molecule has 1 atom stereocenters. The highest BCUT2D eigenvalue weighted by Gasteiger charge is 2.41. The minimum absolute atomic E-state index is 0.0179. The van der Waals surface area contributed by atoms with Gasteiger partial charge >= 0.3 is 5.97 Å². The molecule has 4 rings (SSSR count). The SMILES string of the molecule is CCC1=C(C(=O)OC)C(c2ccccc2C)N2C(CC(=O)NCCN3CCCC3)=CSC2=N1. The number of likely N-dealkylation sites (tertiary alicyclic amines) is 1. The number of hydrogen-bond acceptors (Lipinski definition) is 7. The molecule has 1 saturated heterocycles. The van der Waals surface area contributed by atoms with Crippen LogP contribution < -0.4 is 5.32 Å². The first-order valence-electron chi connectivity index (χ1n) is 11.6. The average molecular weight is 469 g/mol. The zero-order valence-electron chi connectivity index (χ0n) is 19.6. The molecule has 33 heavy (non-hydrogen) atoms. The number of allylic oxidation sites excluding steroid dienone is 1. The summed E-state index contributed by atoms with van der Waals surface area (Å²) in [6, 6.07) is 7.67. The average Bonchev–Trinajstić information content (AvgIpc) is 3.48. The highest BCUT2D eigenvalue weighted by atomic mass is 32.2. The molecule has 0 aliphatic carbocycles. The zero-order chi connectivity index (χ0) is 23.4. The minimum Gasteiger partial charge on any atom is -0.466 e. The minimum atomic E-state index is -0.380. The van der Waals surface area contributed by atoms with Crippen molar-refractivity contribution in [3.05, 3.63) is 57.8 Å². The number of nitrogens with one attached hydrogen (secondary N) is 1. The van der Waals surface area contributed by atoms with Crippen LogP contribution in [0, 0.1) is 6.92 Å². The molecular formula is C25H32N4O3S. The zero-order valence-corrected chi connectivity index (χ0v) is 20.4. The molecule has 0 saturated carbocycles. The van der Waals surface area contributed by atoms with Gasteiger partial charge in [0, 0.05) is 18.8 Å². The van der Waals surface area contributed by atoms with Crippen LogP contribution >= 0.6 is 11.8 Å². The fraction of sp³-hybridized carbons (Fsp3) is 0.480. The van der Waals surface area contributed by atoms with E-state index in [0.717, 1.165) is 47.3 Å². The number of amides is 1. The predicted octanol–water partition coefficient (Wildman–Crippen LogP) is 3.74. The van der Waals surface area contributed by atoms with Gasteiger partial charge < -0.3 is 19.9 Å². The normalized spacial score (nSPS) is 20.5. The molecule has 1 fully saturated rings. The monoisotopic (exact) mass is 468 g/mol. The molecule has 7 nitrogen and oxygen atoms in total. The second-order valence-corrected chi connectivity index (χ2v) is 9.37. The van der Waals surface area contributed by atoms with Crippen molar-refractivity contribution in [2.75, 3.05) is 33.3 Å². The molecule has 0 radical (unpaired) electrons. The van der Waals surface area contributed by atoms with Crippen molar-refractivity contribution in [2.24, 2.45) is 4.99 Å². The van der Waals surface area contributed by atoms with Crippen LogP contribution in [0.4, 0.5) is 0 Å². The molecule has 1 unspecified atom stereocenters. The molecule has 3 heterocycles. The molecule has 0 aromatic heterocycles. The summed E-state index contributed by atoms with van der Waals surface area (Å²) in [6.45, 7) is 7.80. The second-order valence-electron chi connectivity index (χ2n) is 8.53. The Balaban J connectivity index is 1.58. The number of aryl methyl sites for hydroxylation is 1. The summed E-state index contributed by atoms with van der Waals surface area (Å²) in [5, 5.41) is 5.84. The molecule has 1 aromatic rings. The first-order chi connectivity index (χ1) is 16.0. The van der Waals surface area contributed by atoms with Crippen molar-refractivity contribution in [3.63, 3.8) is 0 Å². The van der Waals surface area contributed by atoms with E-state index in [2.05, 4.69) is 10.2 Å².